The number of ether oxygens (including phenoxy) is 2. The van der Waals surface area contributed by atoms with Crippen molar-refractivity contribution >= 4 is 35.0 Å². The van der Waals surface area contributed by atoms with Crippen LogP contribution >= 0.6 is 23.2 Å². The first-order chi connectivity index (χ1) is 32.2. The quantitative estimate of drug-likeness (QED) is 0.0989. The molecule has 66 heavy (non-hydrogen) atoms. The maximum absolute atomic E-state index is 13.3. The Morgan fingerprint density at radius 1 is 0.561 bits per heavy atom. The molecule has 2 fully saturated rings. The normalized spacial score (nSPS) is 15.7. The summed E-state index contributed by atoms with van der Waals surface area (Å²) in [6.07, 6.45) is 6.58. The summed E-state index contributed by atoms with van der Waals surface area (Å²) in [6.45, 7) is 5.73. The highest BCUT2D eigenvalue weighted by atomic mass is 35.5. The molecule has 0 spiro atoms. The zero-order valence-electron chi connectivity index (χ0n) is 36.6. The van der Waals surface area contributed by atoms with E-state index < -0.39 is 0 Å². The molecule has 14 heteroatoms. The molecule has 2 amide bonds. The van der Waals surface area contributed by atoms with Gasteiger partial charge >= 0.3 is 0 Å². The third-order valence-corrected chi connectivity index (χ3v) is 12.3. The van der Waals surface area contributed by atoms with Crippen LogP contribution in [-0.2, 0) is 9.59 Å². The van der Waals surface area contributed by atoms with Crippen molar-refractivity contribution in [2.45, 2.75) is 37.8 Å². The van der Waals surface area contributed by atoms with E-state index in [9.17, 15) is 18.4 Å². The zero-order valence-corrected chi connectivity index (χ0v) is 38.1. The topological polar surface area (TPSA) is 109 Å². The number of nitrogens with one attached hydrogen (secondary N) is 2. The third-order valence-electron chi connectivity index (χ3n) is 11.8. The van der Waals surface area contributed by atoms with Gasteiger partial charge in [-0.15, -0.1) is 0 Å². The molecule has 2 saturated heterocycles. The Hall–Kier alpha value is -5.92. The number of carbonyl (C=O) groups is 2. The summed E-state index contributed by atoms with van der Waals surface area (Å²) in [4.78, 5) is 39.7. The highest BCUT2D eigenvalue weighted by molar-refractivity contribution is 6.30. The second-order valence-electron chi connectivity index (χ2n) is 16.3. The molecule has 2 unspecified atom stereocenters. The number of rotatable bonds is 16. The van der Waals surface area contributed by atoms with Crippen molar-refractivity contribution in [1.29, 1.82) is 0 Å². The van der Waals surface area contributed by atoms with Gasteiger partial charge in [0.1, 0.15) is 36.3 Å². The first kappa shape index (κ1) is 48.0. The fourth-order valence-corrected chi connectivity index (χ4v) is 8.37. The van der Waals surface area contributed by atoms with Crippen molar-refractivity contribution in [3.8, 4) is 11.5 Å². The number of nitrogens with zero attached hydrogens (tertiary/aromatic N) is 4. The van der Waals surface area contributed by atoms with Crippen molar-refractivity contribution in [2.24, 2.45) is 11.8 Å². The van der Waals surface area contributed by atoms with Gasteiger partial charge in [-0.1, -0.05) is 71.7 Å². The minimum atomic E-state index is -0.325. The number of pyridine rings is 2. The molecule has 6 aromatic rings. The molecule has 2 aromatic heterocycles. The molecule has 4 aromatic carbocycles. The van der Waals surface area contributed by atoms with Gasteiger partial charge in [-0.25, -0.2) is 8.78 Å². The van der Waals surface area contributed by atoms with Crippen molar-refractivity contribution in [3.63, 3.8) is 0 Å². The van der Waals surface area contributed by atoms with Crippen LogP contribution in [0.1, 0.15) is 60.3 Å². The van der Waals surface area contributed by atoms with Crippen molar-refractivity contribution in [3.05, 3.63) is 190 Å². The summed E-state index contributed by atoms with van der Waals surface area (Å²) in [7, 11) is 0. The predicted molar refractivity (Wildman–Crippen MR) is 253 cm³/mol. The van der Waals surface area contributed by atoms with Crippen molar-refractivity contribution in [1.82, 2.24) is 30.4 Å². The zero-order chi connectivity index (χ0) is 46.1. The standard InChI is InChI=1S/2C26H27ClFN3O2/c2*27-21-9-7-19(8-10-21)25(24-6-1-2-13-29-24)30-26(32)20-11-14-31(15-12-20)16-17-33-23-5-3-4-22(28)18-23/h2*1-10,13,18,20,25H,11-12,14-17H2,(H,30,32). The van der Waals surface area contributed by atoms with Gasteiger partial charge in [0, 0.05) is 59.5 Å². The number of halogens is 4. The Morgan fingerprint density at radius 2 is 0.955 bits per heavy atom. The summed E-state index contributed by atoms with van der Waals surface area (Å²) < 4.78 is 37.8. The lowest BCUT2D eigenvalue weighted by atomic mass is 9.94. The van der Waals surface area contributed by atoms with Crippen LogP contribution in [0, 0.1) is 23.5 Å². The summed E-state index contributed by atoms with van der Waals surface area (Å²) in [5, 5.41) is 7.70. The van der Waals surface area contributed by atoms with E-state index in [1.54, 1.807) is 36.7 Å². The Balaban J connectivity index is 0.000000196. The molecular formula is C52H54Cl2F2N6O4. The van der Waals surface area contributed by atoms with Crippen LogP contribution in [0.2, 0.25) is 10.0 Å². The first-order valence-electron chi connectivity index (χ1n) is 22.3. The van der Waals surface area contributed by atoms with Crippen LogP contribution in [0.15, 0.2) is 146 Å². The maximum Gasteiger partial charge on any atom is 0.224 e. The molecule has 0 aliphatic carbocycles. The smallest absolute Gasteiger partial charge is 0.224 e. The van der Waals surface area contributed by atoms with E-state index in [0.29, 0.717) is 34.8 Å². The van der Waals surface area contributed by atoms with E-state index in [1.807, 2.05) is 84.9 Å². The number of hydrogen-bond donors (Lipinski definition) is 2. The summed E-state index contributed by atoms with van der Waals surface area (Å²) in [5.41, 5.74) is 3.47. The molecule has 10 nitrogen and oxygen atoms in total. The van der Waals surface area contributed by atoms with Crippen LogP contribution in [0.3, 0.4) is 0 Å². The van der Waals surface area contributed by atoms with Gasteiger partial charge in [0.2, 0.25) is 11.8 Å². The first-order valence-corrected chi connectivity index (χ1v) is 23.1. The molecule has 4 heterocycles. The Morgan fingerprint density at radius 3 is 1.30 bits per heavy atom. The summed E-state index contributed by atoms with van der Waals surface area (Å²) in [5.74, 6) is 0.434. The van der Waals surface area contributed by atoms with Gasteiger partial charge in [0.05, 0.1) is 23.5 Å². The lowest BCUT2D eigenvalue weighted by Crippen LogP contribution is -2.42. The highest BCUT2D eigenvalue weighted by Crippen LogP contribution is 2.27. The van der Waals surface area contributed by atoms with E-state index >= 15 is 0 Å². The van der Waals surface area contributed by atoms with E-state index in [4.69, 9.17) is 32.7 Å². The van der Waals surface area contributed by atoms with Gasteiger partial charge in [-0.3, -0.25) is 29.4 Å². The van der Waals surface area contributed by atoms with E-state index in [-0.39, 0.29) is 47.4 Å². The van der Waals surface area contributed by atoms with Gasteiger partial charge in [-0.2, -0.15) is 0 Å². The van der Waals surface area contributed by atoms with Gasteiger partial charge in [0.25, 0.3) is 0 Å². The Bertz CT molecular complexity index is 2250. The lowest BCUT2D eigenvalue weighted by Gasteiger charge is -2.32. The van der Waals surface area contributed by atoms with Gasteiger partial charge < -0.3 is 20.1 Å². The fourth-order valence-electron chi connectivity index (χ4n) is 8.12. The number of hydrogen-bond acceptors (Lipinski definition) is 8. The van der Waals surface area contributed by atoms with Crippen LogP contribution in [0.25, 0.3) is 0 Å². The molecule has 2 aliphatic heterocycles. The molecule has 8 rings (SSSR count). The van der Waals surface area contributed by atoms with Crippen molar-refractivity contribution < 1.29 is 27.8 Å². The second kappa shape index (κ2) is 24.6. The summed E-state index contributed by atoms with van der Waals surface area (Å²) >= 11 is 12.1. The Labute approximate surface area is 395 Å². The highest BCUT2D eigenvalue weighted by Gasteiger charge is 2.29. The molecule has 0 bridgehead atoms. The van der Waals surface area contributed by atoms with Crippen molar-refractivity contribution in [2.75, 3.05) is 52.5 Å². The summed E-state index contributed by atoms with van der Waals surface area (Å²) in [6, 6.07) is 38.0. The van der Waals surface area contributed by atoms with Crippen LogP contribution in [-0.4, -0.2) is 84.1 Å². The number of carbonyl (C=O) groups excluding carboxylic acids is 2. The van der Waals surface area contributed by atoms with Crippen LogP contribution < -0.4 is 20.1 Å². The molecule has 0 saturated carbocycles. The number of likely N-dealkylation sites (tertiary alicyclic amines) is 2. The van der Waals surface area contributed by atoms with E-state index in [0.717, 1.165) is 87.5 Å². The van der Waals surface area contributed by atoms with Gasteiger partial charge in [-0.05, 0) is 136 Å². The molecule has 2 aliphatic rings. The lowest BCUT2D eigenvalue weighted by molar-refractivity contribution is -0.127. The van der Waals surface area contributed by atoms with Gasteiger partial charge in [0.15, 0.2) is 0 Å². The SMILES string of the molecule is O=C(NC(c1ccc(Cl)cc1)c1ccccn1)C1CCN(CCOc2cccc(F)c2)CC1.O=C(NC(c1ccc(Cl)cc1)c1ccccn1)C1CCN(CCOc2cccc(F)c2)CC1. The monoisotopic (exact) mass is 934 g/mol. The van der Waals surface area contributed by atoms with Crippen LogP contribution in [0.4, 0.5) is 8.78 Å². The minimum Gasteiger partial charge on any atom is -0.492 e. The number of aromatic nitrogens is 2. The number of amides is 2. The van der Waals surface area contributed by atoms with E-state index in [2.05, 4.69) is 30.4 Å². The average molecular weight is 936 g/mol. The Kier molecular flexibility index (Phi) is 17.9. The number of benzene rings is 4. The average Bonchev–Trinajstić information content (AvgIpc) is 3.34. The minimum absolute atomic E-state index is 0.0382. The van der Waals surface area contributed by atoms with Crippen LogP contribution in [0.5, 0.6) is 11.5 Å². The molecule has 344 valence electrons. The number of piperidine rings is 2. The second-order valence-corrected chi connectivity index (χ2v) is 17.2. The largest absolute Gasteiger partial charge is 0.492 e. The molecule has 0 radical (unpaired) electrons. The molecule has 2 N–H and O–H groups in total. The van der Waals surface area contributed by atoms with E-state index in [1.165, 1.54) is 24.3 Å². The fraction of sp³-hybridized carbons (Fsp3) is 0.308. The third kappa shape index (κ3) is 14.5. The molecular weight excluding hydrogens is 882 g/mol. The predicted octanol–water partition coefficient (Wildman–Crippen LogP) is 9.74. The maximum atomic E-state index is 13.3. The molecule has 2 atom stereocenters.